The van der Waals surface area contributed by atoms with E-state index in [4.69, 9.17) is 0 Å². The zero-order valence-corrected chi connectivity index (χ0v) is 14.1. The number of rotatable bonds is 4. The molecule has 0 spiro atoms. The number of aryl methyl sites for hydroxylation is 1. The van der Waals surface area contributed by atoms with Gasteiger partial charge in [0.1, 0.15) is 5.65 Å². The summed E-state index contributed by atoms with van der Waals surface area (Å²) in [7, 11) is 2.92. The van der Waals surface area contributed by atoms with Gasteiger partial charge < -0.3 is 5.32 Å². The highest BCUT2D eigenvalue weighted by atomic mass is 16.2. The first kappa shape index (κ1) is 16.6. The molecule has 0 fully saturated rings. The van der Waals surface area contributed by atoms with Crippen LogP contribution < -0.4 is 16.6 Å². The van der Waals surface area contributed by atoms with Gasteiger partial charge >= 0.3 is 5.69 Å². The molecule has 0 saturated heterocycles. The molecule has 130 valence electrons. The fourth-order valence-electron chi connectivity index (χ4n) is 2.63. The van der Waals surface area contributed by atoms with Crippen molar-refractivity contribution in [1.29, 1.82) is 0 Å². The summed E-state index contributed by atoms with van der Waals surface area (Å²) >= 11 is 0. The Morgan fingerprint density at radius 3 is 2.72 bits per heavy atom. The van der Waals surface area contributed by atoms with Crippen LogP contribution in [0.15, 0.2) is 40.3 Å². The van der Waals surface area contributed by atoms with Gasteiger partial charge in [0.15, 0.2) is 0 Å². The molecule has 1 N–H and O–H groups in total. The van der Waals surface area contributed by atoms with E-state index in [1.807, 2.05) is 19.2 Å². The molecule has 1 amide bonds. The number of nitrogens with one attached hydrogen (secondary N) is 1. The molecule has 0 aromatic carbocycles. The maximum absolute atomic E-state index is 12.4. The lowest BCUT2D eigenvalue weighted by molar-refractivity contribution is 0.0936. The lowest BCUT2D eigenvalue weighted by atomic mass is 10.2. The number of amides is 1. The van der Waals surface area contributed by atoms with E-state index in [9.17, 15) is 14.4 Å². The third-order valence-electron chi connectivity index (χ3n) is 3.95. The Labute approximate surface area is 142 Å². The predicted molar refractivity (Wildman–Crippen MR) is 91.4 cm³/mol. The van der Waals surface area contributed by atoms with Gasteiger partial charge in [-0.3, -0.25) is 23.4 Å². The second-order valence-electron chi connectivity index (χ2n) is 5.90. The van der Waals surface area contributed by atoms with Crippen molar-refractivity contribution in [3.8, 4) is 0 Å². The van der Waals surface area contributed by atoms with E-state index in [2.05, 4.69) is 15.4 Å². The minimum absolute atomic E-state index is 0.161. The van der Waals surface area contributed by atoms with Crippen molar-refractivity contribution >= 4 is 16.9 Å². The van der Waals surface area contributed by atoms with E-state index in [0.717, 1.165) is 4.57 Å². The van der Waals surface area contributed by atoms with Gasteiger partial charge in [-0.2, -0.15) is 5.10 Å². The molecular formula is C16H18N6O3. The molecule has 0 aliphatic heterocycles. The molecule has 0 radical (unpaired) electrons. The van der Waals surface area contributed by atoms with Gasteiger partial charge in [0.25, 0.3) is 11.5 Å². The van der Waals surface area contributed by atoms with Gasteiger partial charge in [-0.25, -0.2) is 9.78 Å². The maximum Gasteiger partial charge on any atom is 0.332 e. The summed E-state index contributed by atoms with van der Waals surface area (Å²) in [5.74, 6) is -0.343. The van der Waals surface area contributed by atoms with E-state index < -0.39 is 11.2 Å². The fourth-order valence-corrected chi connectivity index (χ4v) is 2.63. The number of aromatic nitrogens is 5. The van der Waals surface area contributed by atoms with E-state index in [1.165, 1.54) is 30.9 Å². The standard InChI is InChI=1S/C16H18N6O3/c1-10(9-22-6-4-5-18-22)19-14(23)11-7-12-13(17-8-11)20(2)16(25)21(3)15(12)24/h4-8,10H,9H2,1-3H3,(H,19,23). The largest absolute Gasteiger partial charge is 0.348 e. The maximum atomic E-state index is 12.4. The SMILES string of the molecule is CC(Cn1cccn1)NC(=O)c1cnc2c(c1)c(=O)n(C)c(=O)n2C. The zero-order chi connectivity index (χ0) is 18.1. The van der Waals surface area contributed by atoms with Crippen LogP contribution in [0, 0.1) is 0 Å². The van der Waals surface area contributed by atoms with E-state index in [0.29, 0.717) is 6.54 Å². The molecular weight excluding hydrogens is 324 g/mol. The van der Waals surface area contributed by atoms with Crippen molar-refractivity contribution in [1.82, 2.24) is 29.2 Å². The molecule has 0 aliphatic carbocycles. The van der Waals surface area contributed by atoms with E-state index >= 15 is 0 Å². The van der Waals surface area contributed by atoms with Gasteiger partial charge in [-0.15, -0.1) is 0 Å². The molecule has 3 aromatic heterocycles. The zero-order valence-electron chi connectivity index (χ0n) is 14.1. The molecule has 0 bridgehead atoms. The molecule has 3 heterocycles. The monoisotopic (exact) mass is 342 g/mol. The summed E-state index contributed by atoms with van der Waals surface area (Å²) in [6.45, 7) is 2.38. The second-order valence-corrected chi connectivity index (χ2v) is 5.90. The van der Waals surface area contributed by atoms with Gasteiger partial charge in [0.05, 0.1) is 17.5 Å². The molecule has 9 heteroatoms. The predicted octanol–water partition coefficient (Wildman–Crippen LogP) is -0.353. The van der Waals surface area contributed by atoms with Gasteiger partial charge in [-0.1, -0.05) is 0 Å². The summed E-state index contributed by atoms with van der Waals surface area (Å²) in [6.07, 6.45) is 4.84. The van der Waals surface area contributed by atoms with Crippen LogP contribution in [0.5, 0.6) is 0 Å². The summed E-state index contributed by atoms with van der Waals surface area (Å²) in [5.41, 5.74) is -0.440. The van der Waals surface area contributed by atoms with Crippen molar-refractivity contribution in [2.45, 2.75) is 19.5 Å². The Morgan fingerprint density at radius 2 is 2.04 bits per heavy atom. The lowest BCUT2D eigenvalue weighted by Crippen LogP contribution is -2.38. The number of hydrogen-bond donors (Lipinski definition) is 1. The molecule has 3 rings (SSSR count). The van der Waals surface area contributed by atoms with Crippen LogP contribution in [0.1, 0.15) is 17.3 Å². The van der Waals surface area contributed by atoms with Crippen molar-refractivity contribution in [2.24, 2.45) is 14.1 Å². The minimum atomic E-state index is -0.482. The van der Waals surface area contributed by atoms with Crippen LogP contribution >= 0.6 is 0 Å². The summed E-state index contributed by atoms with van der Waals surface area (Å²) < 4.78 is 3.99. The van der Waals surface area contributed by atoms with Crippen LogP contribution in [-0.2, 0) is 20.6 Å². The topological polar surface area (TPSA) is 104 Å². The Hall–Kier alpha value is -3.23. The first-order valence-corrected chi connectivity index (χ1v) is 7.72. The van der Waals surface area contributed by atoms with Gasteiger partial charge in [0.2, 0.25) is 0 Å². The Morgan fingerprint density at radius 1 is 1.28 bits per heavy atom. The fraction of sp³-hybridized carbons (Fsp3) is 0.312. The first-order valence-electron chi connectivity index (χ1n) is 7.72. The second kappa shape index (κ2) is 6.34. The quantitative estimate of drug-likeness (QED) is 0.698. The average Bonchev–Trinajstić information content (AvgIpc) is 3.10. The number of nitrogens with zero attached hydrogens (tertiary/aromatic N) is 5. The summed E-state index contributed by atoms with van der Waals surface area (Å²) in [6, 6.07) is 3.10. The average molecular weight is 342 g/mol. The Kier molecular flexibility index (Phi) is 4.22. The molecule has 3 aromatic rings. The highest BCUT2D eigenvalue weighted by molar-refractivity contribution is 5.96. The molecule has 1 unspecified atom stereocenters. The summed E-state index contributed by atoms with van der Waals surface area (Å²) in [5, 5.41) is 7.15. The first-order chi connectivity index (χ1) is 11.9. The van der Waals surface area contributed by atoms with Gasteiger partial charge in [0, 0.05) is 38.7 Å². The molecule has 0 aliphatic rings. The smallest absolute Gasteiger partial charge is 0.332 e. The van der Waals surface area contributed by atoms with Crippen molar-refractivity contribution < 1.29 is 4.79 Å². The highest BCUT2D eigenvalue weighted by Crippen LogP contribution is 2.08. The number of fused-ring (bicyclic) bond motifs is 1. The van der Waals surface area contributed by atoms with Crippen LogP contribution in [0.4, 0.5) is 0 Å². The van der Waals surface area contributed by atoms with Crippen LogP contribution in [0.25, 0.3) is 11.0 Å². The highest BCUT2D eigenvalue weighted by Gasteiger charge is 2.15. The lowest BCUT2D eigenvalue weighted by Gasteiger charge is -2.14. The number of pyridine rings is 1. The Bertz CT molecular complexity index is 1050. The molecule has 25 heavy (non-hydrogen) atoms. The normalized spacial score (nSPS) is 12.3. The molecule has 0 saturated carbocycles. The van der Waals surface area contributed by atoms with Crippen LogP contribution in [-0.4, -0.2) is 35.8 Å². The van der Waals surface area contributed by atoms with Crippen molar-refractivity contribution in [3.05, 3.63) is 57.1 Å². The summed E-state index contributed by atoms with van der Waals surface area (Å²) in [4.78, 5) is 40.7. The number of carbonyl (C=O) groups excluding carboxylic acids is 1. The molecule has 1 atom stereocenters. The third-order valence-corrected chi connectivity index (χ3v) is 3.95. The van der Waals surface area contributed by atoms with Gasteiger partial charge in [-0.05, 0) is 19.1 Å². The third kappa shape index (κ3) is 3.08. The van der Waals surface area contributed by atoms with E-state index in [-0.39, 0.29) is 28.5 Å². The van der Waals surface area contributed by atoms with Crippen LogP contribution in [0.2, 0.25) is 0 Å². The number of carbonyl (C=O) groups is 1. The number of hydrogen-bond acceptors (Lipinski definition) is 5. The van der Waals surface area contributed by atoms with Crippen LogP contribution in [0.3, 0.4) is 0 Å². The minimum Gasteiger partial charge on any atom is -0.348 e. The Balaban J connectivity index is 1.90. The molecule has 9 nitrogen and oxygen atoms in total. The van der Waals surface area contributed by atoms with E-state index in [1.54, 1.807) is 10.9 Å². The van der Waals surface area contributed by atoms with Crippen molar-refractivity contribution in [2.75, 3.05) is 0 Å². The van der Waals surface area contributed by atoms with Crippen molar-refractivity contribution in [3.63, 3.8) is 0 Å².